The number of hydrogen-bond donors (Lipinski definition) is 1. The molecule has 104 valence electrons. The number of carboxylic acid groups (broad SMARTS) is 1. The van der Waals surface area contributed by atoms with Crippen LogP contribution >= 0.6 is 0 Å². The van der Waals surface area contributed by atoms with Crippen LogP contribution in [-0.4, -0.2) is 28.0 Å². The van der Waals surface area contributed by atoms with Gasteiger partial charge in [0.15, 0.2) is 0 Å². The molecule has 0 radical (unpaired) electrons. The van der Waals surface area contributed by atoms with Gasteiger partial charge in [-0.1, -0.05) is 30.3 Å². The number of hydrogen-bond acceptors (Lipinski definition) is 3. The Bertz CT molecular complexity index is 552. The van der Waals surface area contributed by atoms with E-state index in [1.807, 2.05) is 49.5 Å². The fourth-order valence-electron chi connectivity index (χ4n) is 2.07. The number of carbonyl (C=O) groups is 1. The van der Waals surface area contributed by atoms with E-state index < -0.39 is 5.97 Å². The molecule has 2 rings (SSSR count). The lowest BCUT2D eigenvalue weighted by atomic mass is 10.1. The number of rotatable bonds is 6. The van der Waals surface area contributed by atoms with Crippen LogP contribution in [0, 0.1) is 0 Å². The zero-order chi connectivity index (χ0) is 14.4. The second-order valence-electron chi connectivity index (χ2n) is 4.88. The Hall–Kier alpha value is -2.20. The van der Waals surface area contributed by atoms with Crippen LogP contribution in [-0.2, 0) is 24.3 Å². The molecule has 1 aromatic carbocycles. The second-order valence-corrected chi connectivity index (χ2v) is 4.88. The first-order valence-corrected chi connectivity index (χ1v) is 6.51. The van der Waals surface area contributed by atoms with E-state index in [0.717, 1.165) is 29.9 Å². The Morgan fingerprint density at radius 1 is 1.10 bits per heavy atom. The Morgan fingerprint density at radius 3 is 2.40 bits per heavy atom. The average molecular weight is 270 g/mol. The second kappa shape index (κ2) is 6.82. The van der Waals surface area contributed by atoms with Gasteiger partial charge in [0.1, 0.15) is 0 Å². The van der Waals surface area contributed by atoms with E-state index >= 15 is 0 Å². The van der Waals surface area contributed by atoms with Crippen molar-refractivity contribution in [3.8, 4) is 0 Å². The highest BCUT2D eigenvalue weighted by atomic mass is 16.4. The molecule has 1 heterocycles. The van der Waals surface area contributed by atoms with E-state index in [1.54, 1.807) is 6.20 Å². The summed E-state index contributed by atoms with van der Waals surface area (Å²) in [5.74, 6) is -0.801. The van der Waals surface area contributed by atoms with Gasteiger partial charge in [-0.05, 0) is 30.3 Å². The van der Waals surface area contributed by atoms with Crippen molar-refractivity contribution in [1.29, 1.82) is 0 Å². The van der Waals surface area contributed by atoms with Gasteiger partial charge in [0.2, 0.25) is 0 Å². The number of pyridine rings is 1. The highest BCUT2D eigenvalue weighted by Crippen LogP contribution is 2.09. The molecule has 0 aliphatic heterocycles. The molecule has 0 saturated carbocycles. The van der Waals surface area contributed by atoms with Crippen molar-refractivity contribution in [2.24, 2.45) is 0 Å². The van der Waals surface area contributed by atoms with Crippen LogP contribution in [0.1, 0.15) is 16.8 Å². The molecule has 2 aromatic rings. The van der Waals surface area contributed by atoms with Crippen molar-refractivity contribution < 1.29 is 9.90 Å². The van der Waals surface area contributed by atoms with Crippen LogP contribution in [0.15, 0.2) is 48.7 Å². The molecule has 0 aliphatic carbocycles. The van der Waals surface area contributed by atoms with Crippen LogP contribution < -0.4 is 0 Å². The number of aliphatic carboxylic acids is 1. The molecule has 1 aromatic heterocycles. The minimum atomic E-state index is -0.801. The third-order valence-electron chi connectivity index (χ3n) is 2.99. The molecule has 0 spiro atoms. The van der Waals surface area contributed by atoms with Gasteiger partial charge in [-0.2, -0.15) is 0 Å². The predicted molar refractivity (Wildman–Crippen MR) is 77.2 cm³/mol. The maximum absolute atomic E-state index is 10.6. The standard InChI is InChI=1S/C16H18N2O2/c1-18(12-15-4-2-3-9-17-15)11-14-7-5-13(6-8-14)10-16(19)20/h2-9H,10-12H2,1H3,(H,19,20). The van der Waals surface area contributed by atoms with Crippen LogP contribution in [0.4, 0.5) is 0 Å². The Kier molecular flexibility index (Phi) is 4.85. The lowest BCUT2D eigenvalue weighted by molar-refractivity contribution is -0.136. The van der Waals surface area contributed by atoms with Crippen molar-refractivity contribution >= 4 is 5.97 Å². The fraction of sp³-hybridized carbons (Fsp3) is 0.250. The number of carboxylic acids is 1. The zero-order valence-corrected chi connectivity index (χ0v) is 11.5. The maximum Gasteiger partial charge on any atom is 0.307 e. The summed E-state index contributed by atoms with van der Waals surface area (Å²) in [5, 5.41) is 8.73. The molecule has 0 bridgehead atoms. The van der Waals surface area contributed by atoms with E-state index in [-0.39, 0.29) is 6.42 Å². The molecule has 1 N–H and O–H groups in total. The summed E-state index contributed by atoms with van der Waals surface area (Å²) in [7, 11) is 2.04. The van der Waals surface area contributed by atoms with E-state index in [1.165, 1.54) is 0 Å². The van der Waals surface area contributed by atoms with Gasteiger partial charge in [-0.15, -0.1) is 0 Å². The maximum atomic E-state index is 10.6. The Morgan fingerprint density at radius 2 is 1.80 bits per heavy atom. The summed E-state index contributed by atoms with van der Waals surface area (Å²) in [5.41, 5.74) is 3.03. The summed E-state index contributed by atoms with van der Waals surface area (Å²) in [4.78, 5) is 17.1. The summed E-state index contributed by atoms with van der Waals surface area (Å²) in [6.07, 6.45) is 1.87. The predicted octanol–water partition coefficient (Wildman–Crippen LogP) is 2.34. The van der Waals surface area contributed by atoms with Crippen molar-refractivity contribution in [3.05, 3.63) is 65.5 Å². The monoisotopic (exact) mass is 270 g/mol. The van der Waals surface area contributed by atoms with Gasteiger partial charge in [0.05, 0.1) is 12.1 Å². The molecular formula is C16H18N2O2. The van der Waals surface area contributed by atoms with Crippen LogP contribution in [0.5, 0.6) is 0 Å². The summed E-state index contributed by atoms with van der Waals surface area (Å²) in [6.45, 7) is 1.60. The van der Waals surface area contributed by atoms with Gasteiger partial charge in [-0.25, -0.2) is 0 Å². The third-order valence-corrected chi connectivity index (χ3v) is 2.99. The lowest BCUT2D eigenvalue weighted by Crippen LogP contribution is -2.17. The first kappa shape index (κ1) is 14.2. The average Bonchev–Trinajstić information content (AvgIpc) is 2.41. The minimum Gasteiger partial charge on any atom is -0.481 e. The molecule has 20 heavy (non-hydrogen) atoms. The van der Waals surface area contributed by atoms with Gasteiger partial charge in [0.25, 0.3) is 0 Å². The van der Waals surface area contributed by atoms with E-state index in [4.69, 9.17) is 5.11 Å². The zero-order valence-electron chi connectivity index (χ0n) is 11.5. The lowest BCUT2D eigenvalue weighted by Gasteiger charge is -2.16. The largest absolute Gasteiger partial charge is 0.481 e. The van der Waals surface area contributed by atoms with Gasteiger partial charge < -0.3 is 5.11 Å². The first-order chi connectivity index (χ1) is 9.63. The van der Waals surface area contributed by atoms with E-state index in [9.17, 15) is 4.79 Å². The van der Waals surface area contributed by atoms with Crippen molar-refractivity contribution in [3.63, 3.8) is 0 Å². The van der Waals surface area contributed by atoms with Crippen molar-refractivity contribution in [2.45, 2.75) is 19.5 Å². The molecular weight excluding hydrogens is 252 g/mol. The first-order valence-electron chi connectivity index (χ1n) is 6.51. The van der Waals surface area contributed by atoms with Crippen molar-refractivity contribution in [1.82, 2.24) is 9.88 Å². The topological polar surface area (TPSA) is 53.4 Å². The highest BCUT2D eigenvalue weighted by Gasteiger charge is 2.04. The van der Waals surface area contributed by atoms with E-state index in [0.29, 0.717) is 0 Å². The van der Waals surface area contributed by atoms with Crippen LogP contribution in [0.25, 0.3) is 0 Å². The SMILES string of the molecule is CN(Cc1ccc(CC(=O)O)cc1)Cc1ccccn1. The van der Waals surface area contributed by atoms with Crippen LogP contribution in [0.3, 0.4) is 0 Å². The molecule has 0 unspecified atom stereocenters. The Balaban J connectivity index is 1.91. The van der Waals surface area contributed by atoms with Gasteiger partial charge in [0, 0.05) is 19.3 Å². The third kappa shape index (κ3) is 4.48. The summed E-state index contributed by atoms with van der Waals surface area (Å²) < 4.78 is 0. The van der Waals surface area contributed by atoms with Crippen LogP contribution in [0.2, 0.25) is 0 Å². The molecule has 0 fully saturated rings. The number of aromatic nitrogens is 1. The molecule has 0 aliphatic rings. The molecule has 0 atom stereocenters. The van der Waals surface area contributed by atoms with Gasteiger partial charge in [-0.3, -0.25) is 14.7 Å². The number of nitrogens with zero attached hydrogens (tertiary/aromatic N) is 2. The molecule has 4 heteroatoms. The smallest absolute Gasteiger partial charge is 0.307 e. The fourth-order valence-corrected chi connectivity index (χ4v) is 2.07. The summed E-state index contributed by atoms with van der Waals surface area (Å²) in [6, 6.07) is 13.6. The normalized spacial score (nSPS) is 10.7. The molecule has 4 nitrogen and oxygen atoms in total. The Labute approximate surface area is 118 Å². The quantitative estimate of drug-likeness (QED) is 0.875. The molecule has 0 amide bonds. The van der Waals surface area contributed by atoms with Gasteiger partial charge >= 0.3 is 5.97 Å². The van der Waals surface area contributed by atoms with Crippen molar-refractivity contribution in [2.75, 3.05) is 7.05 Å². The minimum absolute atomic E-state index is 0.0735. The highest BCUT2D eigenvalue weighted by molar-refractivity contribution is 5.70. The summed E-state index contributed by atoms with van der Waals surface area (Å²) >= 11 is 0. The number of benzene rings is 1. The molecule has 0 saturated heterocycles. The van der Waals surface area contributed by atoms with E-state index in [2.05, 4.69) is 9.88 Å².